The van der Waals surface area contributed by atoms with Crippen LogP contribution < -0.4 is 10.6 Å². The predicted octanol–water partition coefficient (Wildman–Crippen LogP) is 4.09. The van der Waals surface area contributed by atoms with Crippen LogP contribution in [0.15, 0.2) is 54.6 Å². The van der Waals surface area contributed by atoms with Crippen molar-refractivity contribution >= 4 is 35.2 Å². The third kappa shape index (κ3) is 7.38. The first-order valence-electron chi connectivity index (χ1n) is 9.55. The van der Waals surface area contributed by atoms with Crippen LogP contribution in [0.3, 0.4) is 0 Å². The van der Waals surface area contributed by atoms with E-state index in [0.29, 0.717) is 30.2 Å². The molecule has 2 N–H and O–H groups in total. The lowest BCUT2D eigenvalue weighted by atomic mass is 10.1. The summed E-state index contributed by atoms with van der Waals surface area (Å²) in [6.45, 7) is 2.78. The minimum absolute atomic E-state index is 0.236. The Bertz CT molecular complexity index is 789. The monoisotopic (exact) mass is 434 g/mol. The molecule has 156 valence electrons. The van der Waals surface area contributed by atoms with Crippen LogP contribution in [0, 0.1) is 0 Å². The highest BCUT2D eigenvalue weighted by atomic mass is 35.5. The van der Waals surface area contributed by atoms with E-state index < -0.39 is 6.04 Å². The molecule has 0 aliphatic heterocycles. The van der Waals surface area contributed by atoms with Gasteiger partial charge in [-0.15, -0.1) is 0 Å². The molecule has 2 aromatic carbocycles. The van der Waals surface area contributed by atoms with Gasteiger partial charge in [0.05, 0.1) is 16.7 Å². The molecular formula is C22H27ClN2O3S. The van der Waals surface area contributed by atoms with E-state index in [4.69, 9.17) is 16.3 Å². The molecule has 2 atom stereocenters. The van der Waals surface area contributed by atoms with Crippen molar-refractivity contribution < 1.29 is 14.3 Å². The largest absolute Gasteiger partial charge is 0.372 e. The molecule has 0 bridgehead atoms. The van der Waals surface area contributed by atoms with E-state index in [2.05, 4.69) is 10.6 Å². The molecule has 2 amide bonds. The Morgan fingerprint density at radius 2 is 1.79 bits per heavy atom. The van der Waals surface area contributed by atoms with Crippen LogP contribution in [-0.2, 0) is 9.53 Å². The van der Waals surface area contributed by atoms with Gasteiger partial charge in [-0.25, -0.2) is 0 Å². The zero-order valence-corrected chi connectivity index (χ0v) is 18.3. The van der Waals surface area contributed by atoms with Gasteiger partial charge >= 0.3 is 0 Å². The van der Waals surface area contributed by atoms with Crippen LogP contribution in [0.2, 0.25) is 5.02 Å². The maximum absolute atomic E-state index is 12.8. The smallest absolute Gasteiger partial charge is 0.253 e. The Hall–Kier alpha value is -2.02. The zero-order valence-electron chi connectivity index (χ0n) is 16.7. The van der Waals surface area contributed by atoms with Gasteiger partial charge in [0, 0.05) is 13.2 Å². The van der Waals surface area contributed by atoms with Crippen LogP contribution in [0.5, 0.6) is 0 Å². The molecular weight excluding hydrogens is 408 g/mol. The Kier molecular flexibility index (Phi) is 10.0. The summed E-state index contributed by atoms with van der Waals surface area (Å²) in [5.74, 6) is 0.149. The molecule has 0 heterocycles. The normalized spacial score (nSPS) is 12.8. The molecule has 2 rings (SSSR count). The van der Waals surface area contributed by atoms with Gasteiger partial charge in [0.15, 0.2) is 0 Å². The van der Waals surface area contributed by atoms with Gasteiger partial charge in [-0.1, -0.05) is 54.1 Å². The fourth-order valence-corrected chi connectivity index (χ4v) is 3.54. The number of nitrogens with one attached hydrogen (secondary N) is 2. The van der Waals surface area contributed by atoms with E-state index in [1.807, 2.05) is 43.5 Å². The van der Waals surface area contributed by atoms with Crippen molar-refractivity contribution in [3.63, 3.8) is 0 Å². The molecule has 29 heavy (non-hydrogen) atoms. The number of halogens is 1. The Labute approximate surface area is 181 Å². The maximum atomic E-state index is 12.8. The fourth-order valence-electron chi connectivity index (χ4n) is 2.84. The van der Waals surface area contributed by atoms with Crippen molar-refractivity contribution in [2.45, 2.75) is 25.5 Å². The van der Waals surface area contributed by atoms with Gasteiger partial charge in [0.1, 0.15) is 6.04 Å². The minimum Gasteiger partial charge on any atom is -0.372 e. The lowest BCUT2D eigenvalue weighted by Crippen LogP contribution is -2.48. The van der Waals surface area contributed by atoms with Crippen LogP contribution >= 0.6 is 23.4 Å². The van der Waals surface area contributed by atoms with Crippen molar-refractivity contribution in [2.75, 3.05) is 25.2 Å². The van der Waals surface area contributed by atoms with E-state index in [-0.39, 0.29) is 17.9 Å². The first-order valence-corrected chi connectivity index (χ1v) is 11.3. The molecule has 7 heteroatoms. The molecule has 0 aromatic heterocycles. The van der Waals surface area contributed by atoms with Gasteiger partial charge < -0.3 is 15.4 Å². The van der Waals surface area contributed by atoms with Crippen LogP contribution in [0.4, 0.5) is 0 Å². The third-order valence-electron chi connectivity index (χ3n) is 4.35. The topological polar surface area (TPSA) is 67.4 Å². The number of hydrogen-bond donors (Lipinski definition) is 2. The molecule has 0 aliphatic rings. The van der Waals surface area contributed by atoms with Crippen molar-refractivity contribution in [1.29, 1.82) is 0 Å². The first kappa shape index (κ1) is 23.3. The van der Waals surface area contributed by atoms with Gasteiger partial charge in [-0.05, 0) is 43.0 Å². The van der Waals surface area contributed by atoms with Crippen molar-refractivity contribution in [3.8, 4) is 0 Å². The summed E-state index contributed by atoms with van der Waals surface area (Å²) >= 11 is 7.73. The highest BCUT2D eigenvalue weighted by Crippen LogP contribution is 2.17. The number of ether oxygens (including phenoxy) is 1. The Morgan fingerprint density at radius 3 is 2.45 bits per heavy atom. The van der Waals surface area contributed by atoms with Gasteiger partial charge in [-0.3, -0.25) is 9.59 Å². The number of hydrogen-bond acceptors (Lipinski definition) is 4. The number of benzene rings is 2. The summed E-state index contributed by atoms with van der Waals surface area (Å²) in [6.07, 6.45) is 2.24. The number of carbonyl (C=O) groups is 2. The van der Waals surface area contributed by atoms with E-state index in [1.165, 1.54) is 0 Å². The standard InChI is InChI=1S/C22H27ClN2O3S/c1-3-28-20(16-9-5-4-6-10-16)15-24-22(27)19(13-14-29-2)25-21(26)17-11-7-8-12-18(17)23/h4-12,19-20H,3,13-15H2,1-2H3,(H,24,27)(H,25,26). The van der Waals surface area contributed by atoms with Gasteiger partial charge in [0.2, 0.25) is 5.91 Å². The summed E-state index contributed by atoms with van der Waals surface area (Å²) in [5, 5.41) is 6.10. The Morgan fingerprint density at radius 1 is 1.10 bits per heavy atom. The molecule has 5 nitrogen and oxygen atoms in total. The second kappa shape index (κ2) is 12.5. The fraction of sp³-hybridized carbons (Fsp3) is 0.364. The highest BCUT2D eigenvalue weighted by Gasteiger charge is 2.23. The molecule has 2 aromatic rings. The summed E-state index contributed by atoms with van der Waals surface area (Å²) in [6, 6.07) is 15.9. The van der Waals surface area contributed by atoms with Crippen molar-refractivity contribution in [3.05, 3.63) is 70.7 Å². The molecule has 0 radical (unpaired) electrons. The summed E-state index contributed by atoms with van der Waals surface area (Å²) in [5.41, 5.74) is 1.35. The third-order valence-corrected chi connectivity index (χ3v) is 5.33. The quantitative estimate of drug-likeness (QED) is 0.559. The van der Waals surface area contributed by atoms with E-state index >= 15 is 0 Å². The average molecular weight is 435 g/mol. The van der Waals surface area contributed by atoms with Crippen molar-refractivity contribution in [1.82, 2.24) is 10.6 Å². The number of thioether (sulfide) groups is 1. The van der Waals surface area contributed by atoms with Crippen molar-refractivity contribution in [2.24, 2.45) is 0 Å². The molecule has 0 aliphatic carbocycles. The Balaban J connectivity index is 2.03. The lowest BCUT2D eigenvalue weighted by molar-refractivity contribution is -0.123. The first-order chi connectivity index (χ1) is 14.1. The molecule has 0 saturated heterocycles. The van der Waals surface area contributed by atoms with Crippen LogP contribution in [0.25, 0.3) is 0 Å². The second-order valence-corrected chi connectivity index (χ2v) is 7.78. The van der Waals surface area contributed by atoms with E-state index in [9.17, 15) is 9.59 Å². The lowest BCUT2D eigenvalue weighted by Gasteiger charge is -2.22. The maximum Gasteiger partial charge on any atom is 0.253 e. The van der Waals surface area contributed by atoms with E-state index in [0.717, 1.165) is 11.3 Å². The molecule has 0 fully saturated rings. The molecule has 0 saturated carbocycles. The summed E-state index contributed by atoms with van der Waals surface area (Å²) < 4.78 is 5.78. The average Bonchev–Trinajstić information content (AvgIpc) is 2.74. The van der Waals surface area contributed by atoms with E-state index in [1.54, 1.807) is 36.0 Å². The zero-order chi connectivity index (χ0) is 21.1. The minimum atomic E-state index is -0.649. The summed E-state index contributed by atoms with van der Waals surface area (Å²) in [4.78, 5) is 25.4. The highest BCUT2D eigenvalue weighted by molar-refractivity contribution is 7.98. The number of amides is 2. The SMILES string of the molecule is CCOC(CNC(=O)C(CCSC)NC(=O)c1ccccc1Cl)c1ccccc1. The predicted molar refractivity (Wildman–Crippen MR) is 120 cm³/mol. The molecule has 2 unspecified atom stereocenters. The van der Waals surface area contributed by atoms with Gasteiger partial charge in [-0.2, -0.15) is 11.8 Å². The second-order valence-electron chi connectivity index (χ2n) is 6.39. The van der Waals surface area contributed by atoms with Crippen LogP contribution in [-0.4, -0.2) is 43.0 Å². The number of carbonyl (C=O) groups excluding carboxylic acids is 2. The molecule has 0 spiro atoms. The van der Waals surface area contributed by atoms with Crippen LogP contribution in [0.1, 0.15) is 35.4 Å². The van der Waals surface area contributed by atoms with Gasteiger partial charge in [0.25, 0.3) is 5.91 Å². The number of rotatable bonds is 11. The summed E-state index contributed by atoms with van der Waals surface area (Å²) in [7, 11) is 0.